The van der Waals surface area contributed by atoms with Gasteiger partial charge in [0.2, 0.25) is 5.95 Å². The highest BCUT2D eigenvalue weighted by Gasteiger charge is 2.32. The summed E-state index contributed by atoms with van der Waals surface area (Å²) in [7, 11) is 3.23. The molecule has 1 aliphatic carbocycles. The van der Waals surface area contributed by atoms with E-state index in [1.54, 1.807) is 7.05 Å². The SMILES string of the molecule is C[C@H]1CN(C2CCCCC2)c2nc3c(c(=O)n(C)c(=O)n3C)n2C1. The Morgan fingerprint density at radius 2 is 1.71 bits per heavy atom. The highest BCUT2D eigenvalue weighted by Crippen LogP contribution is 2.32. The Morgan fingerprint density at radius 1 is 1.00 bits per heavy atom. The van der Waals surface area contributed by atoms with Gasteiger partial charge in [0.15, 0.2) is 11.2 Å². The zero-order chi connectivity index (χ0) is 17.0. The van der Waals surface area contributed by atoms with Crippen LogP contribution in [0.1, 0.15) is 39.0 Å². The number of aromatic nitrogens is 4. The molecular weight excluding hydrogens is 306 g/mol. The van der Waals surface area contributed by atoms with Gasteiger partial charge in [0.1, 0.15) is 0 Å². The predicted octanol–water partition coefficient (Wildman–Crippen LogP) is 1.22. The van der Waals surface area contributed by atoms with Crippen LogP contribution in [0, 0.1) is 5.92 Å². The monoisotopic (exact) mass is 331 g/mol. The summed E-state index contributed by atoms with van der Waals surface area (Å²) in [6.07, 6.45) is 6.21. The second-order valence-electron chi connectivity index (χ2n) is 7.45. The summed E-state index contributed by atoms with van der Waals surface area (Å²) < 4.78 is 4.72. The Bertz CT molecular complexity index is 900. The summed E-state index contributed by atoms with van der Waals surface area (Å²) in [5.41, 5.74) is 0.500. The van der Waals surface area contributed by atoms with Gasteiger partial charge in [-0.25, -0.2) is 4.79 Å². The van der Waals surface area contributed by atoms with Gasteiger partial charge in [-0.2, -0.15) is 4.98 Å². The van der Waals surface area contributed by atoms with Crippen LogP contribution in [0.3, 0.4) is 0 Å². The largest absolute Gasteiger partial charge is 0.339 e. The summed E-state index contributed by atoms with van der Waals surface area (Å²) in [4.78, 5) is 32.1. The van der Waals surface area contributed by atoms with Crippen LogP contribution in [0.4, 0.5) is 5.95 Å². The van der Waals surface area contributed by atoms with Crippen LogP contribution >= 0.6 is 0 Å². The molecule has 0 unspecified atom stereocenters. The molecular formula is C17H25N5O2. The van der Waals surface area contributed by atoms with E-state index in [-0.39, 0.29) is 11.2 Å². The lowest BCUT2D eigenvalue weighted by Crippen LogP contribution is -2.45. The number of nitrogens with zero attached hydrogens (tertiary/aromatic N) is 5. The molecule has 0 spiro atoms. The third-order valence-corrected chi connectivity index (χ3v) is 5.60. The van der Waals surface area contributed by atoms with Crippen molar-refractivity contribution < 1.29 is 0 Å². The molecule has 2 aromatic heterocycles. The van der Waals surface area contributed by atoms with Crippen molar-refractivity contribution in [2.24, 2.45) is 20.0 Å². The molecule has 0 saturated heterocycles. The van der Waals surface area contributed by atoms with Gasteiger partial charge >= 0.3 is 5.69 Å². The number of imidazole rings is 1. The fourth-order valence-corrected chi connectivity index (χ4v) is 4.32. The summed E-state index contributed by atoms with van der Waals surface area (Å²) in [5, 5.41) is 0. The Kier molecular flexibility index (Phi) is 3.54. The van der Waals surface area contributed by atoms with Crippen LogP contribution in [0.2, 0.25) is 0 Å². The van der Waals surface area contributed by atoms with E-state index in [1.807, 2.05) is 4.57 Å². The van der Waals surface area contributed by atoms with Gasteiger partial charge < -0.3 is 9.47 Å². The number of hydrogen-bond donors (Lipinski definition) is 0. The van der Waals surface area contributed by atoms with Crippen molar-refractivity contribution in [3.8, 4) is 0 Å². The number of aryl methyl sites for hydroxylation is 1. The zero-order valence-electron chi connectivity index (χ0n) is 14.7. The van der Waals surface area contributed by atoms with Crippen molar-refractivity contribution in [1.82, 2.24) is 18.7 Å². The minimum atomic E-state index is -0.319. The normalized spacial score (nSPS) is 22.1. The fourth-order valence-electron chi connectivity index (χ4n) is 4.32. The molecule has 130 valence electrons. The molecule has 1 atom stereocenters. The average molecular weight is 331 g/mol. The van der Waals surface area contributed by atoms with Crippen LogP contribution in [0.25, 0.3) is 11.2 Å². The highest BCUT2D eigenvalue weighted by molar-refractivity contribution is 5.75. The maximum atomic E-state index is 12.7. The molecule has 3 heterocycles. The van der Waals surface area contributed by atoms with Crippen molar-refractivity contribution in [3.05, 3.63) is 20.8 Å². The number of rotatable bonds is 1. The van der Waals surface area contributed by atoms with Gasteiger partial charge in [-0.3, -0.25) is 13.9 Å². The van der Waals surface area contributed by atoms with Gasteiger partial charge in [-0.1, -0.05) is 26.2 Å². The van der Waals surface area contributed by atoms with Crippen LogP contribution < -0.4 is 16.1 Å². The van der Waals surface area contributed by atoms with E-state index in [4.69, 9.17) is 4.98 Å². The summed E-state index contributed by atoms with van der Waals surface area (Å²) in [5.74, 6) is 1.33. The summed E-state index contributed by atoms with van der Waals surface area (Å²) >= 11 is 0. The van der Waals surface area contributed by atoms with E-state index in [0.717, 1.165) is 19.0 Å². The van der Waals surface area contributed by atoms with Crippen molar-refractivity contribution in [3.63, 3.8) is 0 Å². The predicted molar refractivity (Wildman–Crippen MR) is 93.6 cm³/mol. The van der Waals surface area contributed by atoms with Crippen LogP contribution in [-0.2, 0) is 20.6 Å². The molecule has 24 heavy (non-hydrogen) atoms. The number of anilines is 1. The summed E-state index contributed by atoms with van der Waals surface area (Å²) in [6.45, 7) is 3.97. The lowest BCUT2D eigenvalue weighted by Gasteiger charge is -2.40. The Hall–Kier alpha value is -2.05. The topological polar surface area (TPSA) is 65.1 Å². The zero-order valence-corrected chi connectivity index (χ0v) is 14.7. The van der Waals surface area contributed by atoms with E-state index in [0.29, 0.717) is 23.1 Å². The van der Waals surface area contributed by atoms with E-state index in [9.17, 15) is 9.59 Å². The molecule has 0 N–H and O–H groups in total. The second-order valence-corrected chi connectivity index (χ2v) is 7.45. The molecule has 2 aliphatic rings. The van der Waals surface area contributed by atoms with Gasteiger partial charge in [0, 0.05) is 33.2 Å². The quantitative estimate of drug-likeness (QED) is 0.788. The van der Waals surface area contributed by atoms with Crippen molar-refractivity contribution >= 4 is 17.1 Å². The Morgan fingerprint density at radius 3 is 2.42 bits per heavy atom. The van der Waals surface area contributed by atoms with Crippen LogP contribution in [0.5, 0.6) is 0 Å². The lowest BCUT2D eigenvalue weighted by molar-refractivity contribution is 0.354. The molecule has 7 heteroatoms. The first-order valence-electron chi connectivity index (χ1n) is 8.92. The van der Waals surface area contributed by atoms with Crippen molar-refractivity contribution in [2.45, 2.75) is 51.6 Å². The van der Waals surface area contributed by atoms with Crippen molar-refractivity contribution in [2.75, 3.05) is 11.4 Å². The number of fused-ring (bicyclic) bond motifs is 3. The summed E-state index contributed by atoms with van der Waals surface area (Å²) in [6, 6.07) is 0.498. The number of hydrogen-bond acceptors (Lipinski definition) is 4. The molecule has 1 aliphatic heterocycles. The second kappa shape index (κ2) is 5.50. The maximum Gasteiger partial charge on any atom is 0.332 e. The molecule has 0 bridgehead atoms. The van der Waals surface area contributed by atoms with Crippen LogP contribution in [-0.4, -0.2) is 31.3 Å². The van der Waals surface area contributed by atoms with E-state index in [1.165, 1.54) is 48.3 Å². The first-order chi connectivity index (χ1) is 11.5. The van der Waals surface area contributed by atoms with Gasteiger partial charge in [0.05, 0.1) is 0 Å². The smallest absolute Gasteiger partial charge is 0.332 e. The highest BCUT2D eigenvalue weighted by atomic mass is 16.2. The third-order valence-electron chi connectivity index (χ3n) is 5.60. The molecule has 0 amide bonds. The molecule has 1 fully saturated rings. The minimum Gasteiger partial charge on any atom is -0.339 e. The molecule has 4 rings (SSSR count). The molecule has 7 nitrogen and oxygen atoms in total. The average Bonchev–Trinajstić information content (AvgIpc) is 2.97. The third kappa shape index (κ3) is 2.13. The fraction of sp³-hybridized carbons (Fsp3) is 0.706. The minimum absolute atomic E-state index is 0.246. The van der Waals surface area contributed by atoms with E-state index >= 15 is 0 Å². The van der Waals surface area contributed by atoms with Crippen LogP contribution in [0.15, 0.2) is 9.59 Å². The van der Waals surface area contributed by atoms with E-state index < -0.39 is 0 Å². The maximum absolute atomic E-state index is 12.7. The molecule has 1 saturated carbocycles. The van der Waals surface area contributed by atoms with Gasteiger partial charge in [0.25, 0.3) is 5.56 Å². The Balaban J connectivity index is 1.95. The Labute approximate surface area is 140 Å². The van der Waals surface area contributed by atoms with Crippen molar-refractivity contribution in [1.29, 1.82) is 0 Å². The van der Waals surface area contributed by atoms with E-state index in [2.05, 4.69) is 11.8 Å². The lowest BCUT2D eigenvalue weighted by atomic mass is 9.93. The molecule has 0 aromatic carbocycles. The first kappa shape index (κ1) is 15.5. The molecule has 2 aromatic rings. The molecule has 0 radical (unpaired) electrons. The first-order valence-corrected chi connectivity index (χ1v) is 8.92. The standard InChI is InChI=1S/C17H25N5O2/c1-11-9-21(12-7-5-4-6-8-12)16-18-14-13(22(16)10-11)15(23)20(3)17(24)19(14)2/h11-12H,4-10H2,1-3H3/t11-/m0/s1. The van der Waals surface area contributed by atoms with Gasteiger partial charge in [-0.15, -0.1) is 0 Å². The van der Waals surface area contributed by atoms with Gasteiger partial charge in [-0.05, 0) is 18.8 Å².